The molecule has 396 valence electrons. The molecule has 2 saturated heterocycles. The van der Waals surface area contributed by atoms with Gasteiger partial charge in [-0.05, 0) is 97.0 Å². The average Bonchev–Trinajstić information content (AvgIpc) is 4.19. The summed E-state index contributed by atoms with van der Waals surface area (Å²) in [6.45, 7) is 14.9. The first-order chi connectivity index (χ1) is 33.1. The van der Waals surface area contributed by atoms with E-state index in [-0.39, 0.29) is 95.6 Å². The molecule has 15 nitrogen and oxygen atoms in total. The van der Waals surface area contributed by atoms with Crippen molar-refractivity contribution in [2.45, 2.75) is 123 Å². The molecule has 5 atom stereocenters. The van der Waals surface area contributed by atoms with Crippen LogP contribution in [-0.2, 0) is 19.1 Å². The maximum absolute atomic E-state index is 17.0. The summed E-state index contributed by atoms with van der Waals surface area (Å²) < 4.78 is 35.7. The van der Waals surface area contributed by atoms with Gasteiger partial charge in [0.1, 0.15) is 23.7 Å². The van der Waals surface area contributed by atoms with Crippen LogP contribution < -0.4 is 15.4 Å². The number of hydrogen-bond acceptors (Lipinski definition) is 11. The van der Waals surface area contributed by atoms with Gasteiger partial charge in [0, 0.05) is 61.1 Å². The van der Waals surface area contributed by atoms with E-state index in [1.165, 1.54) is 14.2 Å². The lowest BCUT2D eigenvalue weighted by molar-refractivity contribution is -0.134. The second kappa shape index (κ2) is 24.1. The van der Waals surface area contributed by atoms with E-state index in [4.69, 9.17) is 29.2 Å². The Morgan fingerprint density at radius 3 is 1.78 bits per heavy atom. The predicted octanol–water partition coefficient (Wildman–Crippen LogP) is 9.84. The molecule has 2 aromatic carbocycles. The van der Waals surface area contributed by atoms with Gasteiger partial charge in [0.25, 0.3) is 0 Å². The number of methoxy groups -OCH3 is 2. The Bertz CT molecular complexity index is 2880. The van der Waals surface area contributed by atoms with E-state index in [0.29, 0.717) is 48.5 Å². The van der Waals surface area contributed by atoms with Crippen LogP contribution in [0.5, 0.6) is 5.75 Å². The standard InChI is InChI=1S/C52H61FN8O7S.4H2S/c1-26(2)44(57-51(64)66-8)48(62)59-16-10-12-39(59)36-20-33(24-54-36)30-14-15-38-32(18-30)22-41-43-35(53)19-31(23-42(43)68-50(61(38)41)46-29(7)56-47(69-46)28(5)6)34-21-37(55-25-34)40-13-11-17-60(40)49(63)45(27(3)4)58-52(65)67-9;;;;/h14-15,18-19,22-28,39-40,44-45,50H,10-13,16-17,20-21H2,1-9H3,(H,57,64)(H,58,65);4*1H2/t39-,40-,44-,45-,50?;;;;/m0..../s1. The lowest BCUT2D eigenvalue weighted by atomic mass is 9.95. The zero-order valence-corrected chi connectivity index (χ0v) is 47.5. The summed E-state index contributed by atoms with van der Waals surface area (Å²) in [6.07, 6.45) is 5.89. The molecule has 0 radical (unpaired) electrons. The molecule has 0 saturated carbocycles. The molecule has 5 aliphatic heterocycles. The number of aryl methyl sites for hydroxylation is 1. The van der Waals surface area contributed by atoms with Crippen molar-refractivity contribution in [1.82, 2.24) is 30.0 Å². The summed E-state index contributed by atoms with van der Waals surface area (Å²) in [6, 6.07) is 9.84. The van der Waals surface area contributed by atoms with Crippen molar-refractivity contribution in [2.24, 2.45) is 21.8 Å². The maximum Gasteiger partial charge on any atom is 0.407 e. The third kappa shape index (κ3) is 11.4. The minimum Gasteiger partial charge on any atom is -0.464 e. The number of carbonyl (C=O) groups is 4. The number of hydrogen-bond donors (Lipinski definition) is 2. The van der Waals surface area contributed by atoms with Gasteiger partial charge in [-0.3, -0.25) is 24.1 Å². The van der Waals surface area contributed by atoms with E-state index in [1.807, 2.05) is 62.8 Å². The van der Waals surface area contributed by atoms with Crippen LogP contribution in [-0.4, -0.2) is 106 Å². The Labute approximate surface area is 458 Å². The van der Waals surface area contributed by atoms with Gasteiger partial charge in [0.05, 0.1) is 58.7 Å². The van der Waals surface area contributed by atoms with Gasteiger partial charge in [-0.15, -0.1) is 11.3 Å². The fraction of sp³-hybridized carbons (Fsp3) is 0.481. The van der Waals surface area contributed by atoms with E-state index < -0.39 is 36.3 Å². The van der Waals surface area contributed by atoms with Gasteiger partial charge in [-0.2, -0.15) is 54.0 Å². The zero-order valence-electron chi connectivity index (χ0n) is 42.7. The summed E-state index contributed by atoms with van der Waals surface area (Å²) in [4.78, 5) is 71.3. The molecule has 0 aliphatic carbocycles. The number of carbonyl (C=O) groups excluding carboxylic acids is 4. The highest BCUT2D eigenvalue weighted by atomic mass is 32.1. The molecule has 0 bridgehead atoms. The number of aromatic nitrogens is 2. The molecule has 0 spiro atoms. The van der Waals surface area contributed by atoms with Gasteiger partial charge >= 0.3 is 12.2 Å². The van der Waals surface area contributed by atoms with Gasteiger partial charge < -0.3 is 34.6 Å². The predicted molar refractivity (Wildman–Crippen MR) is 306 cm³/mol. The van der Waals surface area contributed by atoms with Crippen molar-refractivity contribution in [3.05, 3.63) is 81.3 Å². The van der Waals surface area contributed by atoms with Gasteiger partial charge in [0.15, 0.2) is 0 Å². The van der Waals surface area contributed by atoms with Crippen LogP contribution in [0.15, 0.2) is 58.8 Å². The molecule has 4 amide bonds. The van der Waals surface area contributed by atoms with E-state index >= 15 is 4.39 Å². The second-order valence-corrected chi connectivity index (χ2v) is 20.7. The number of aliphatic imine (C=N–C) groups is 2. The van der Waals surface area contributed by atoms with Crippen molar-refractivity contribution in [1.29, 1.82) is 0 Å². The first-order valence-electron chi connectivity index (χ1n) is 24.0. The number of ether oxygens (including phenoxy) is 3. The molecule has 2 aromatic heterocycles. The monoisotopic (exact) mass is 1100 g/mol. The van der Waals surface area contributed by atoms with Crippen LogP contribution in [0.25, 0.3) is 33.3 Å². The Balaban J connectivity index is 0.00000247. The molecule has 4 aromatic rings. The van der Waals surface area contributed by atoms with Crippen LogP contribution in [0, 0.1) is 24.6 Å². The Kier molecular flexibility index (Phi) is 19.5. The Morgan fingerprint density at radius 2 is 1.29 bits per heavy atom. The Hall–Kier alpha value is -4.96. The maximum atomic E-state index is 17.0. The largest absolute Gasteiger partial charge is 0.464 e. The zero-order chi connectivity index (χ0) is 49.0. The van der Waals surface area contributed by atoms with Gasteiger partial charge in [-0.1, -0.05) is 47.6 Å². The minimum atomic E-state index is -0.746. The van der Waals surface area contributed by atoms with Crippen LogP contribution in [0.3, 0.4) is 0 Å². The normalized spacial score (nSPS) is 19.5. The number of likely N-dealkylation sites (tertiary alicyclic amines) is 2. The number of alkyl carbamates (subject to hydrolysis) is 2. The molecule has 73 heavy (non-hydrogen) atoms. The summed E-state index contributed by atoms with van der Waals surface area (Å²) in [5.41, 5.74) is 7.97. The molecule has 5 aliphatic rings. The van der Waals surface area contributed by atoms with Crippen molar-refractivity contribution in [2.75, 3.05) is 27.3 Å². The summed E-state index contributed by atoms with van der Waals surface area (Å²) in [5.74, 6) is -0.417. The number of thiazole rings is 1. The fourth-order valence-electron chi connectivity index (χ4n) is 10.4. The number of allylic oxidation sites excluding steroid dienone is 2. The highest BCUT2D eigenvalue weighted by Crippen LogP contribution is 2.49. The van der Waals surface area contributed by atoms with Crippen molar-refractivity contribution >= 4 is 123 Å². The number of nitrogens with zero attached hydrogens (tertiary/aromatic N) is 6. The molecule has 7 heterocycles. The minimum absolute atomic E-state index is 0. The molecule has 2 N–H and O–H groups in total. The molecule has 2 fully saturated rings. The van der Waals surface area contributed by atoms with Crippen molar-refractivity contribution < 1.29 is 37.8 Å². The number of amides is 4. The third-order valence-corrected chi connectivity index (χ3v) is 15.6. The molecule has 1 unspecified atom stereocenters. The summed E-state index contributed by atoms with van der Waals surface area (Å²) in [5, 5.41) is 7.34. The van der Waals surface area contributed by atoms with Gasteiger partial charge in [-0.25, -0.2) is 19.0 Å². The van der Waals surface area contributed by atoms with E-state index in [1.54, 1.807) is 23.6 Å². The van der Waals surface area contributed by atoms with E-state index in [9.17, 15) is 19.2 Å². The number of benzene rings is 2. The first kappa shape index (κ1) is 58.9. The van der Waals surface area contributed by atoms with Gasteiger partial charge in [0.2, 0.25) is 18.0 Å². The number of nitrogens with one attached hydrogen (secondary N) is 2. The van der Waals surface area contributed by atoms with Crippen LogP contribution in [0.1, 0.15) is 119 Å². The van der Waals surface area contributed by atoms with Crippen molar-refractivity contribution in [3.8, 4) is 17.0 Å². The molecule has 9 rings (SSSR count). The highest BCUT2D eigenvalue weighted by Gasteiger charge is 2.41. The average molecular weight is 1100 g/mol. The smallest absolute Gasteiger partial charge is 0.407 e. The number of rotatable bonds is 12. The molecular weight excluding hydrogens is 1030 g/mol. The van der Waals surface area contributed by atoms with Crippen LogP contribution in [0.4, 0.5) is 14.0 Å². The number of fused-ring (bicyclic) bond motifs is 5. The SMILES string of the molecule is COC(=O)N[C@H](C(=O)N1CCC[C@H]1C1=NC=C(c2cc(F)c3c(c2)OC(c2sc(C(C)C)nc2C)n2c-3cc3cc(C4=CN=C([C@@H]5CCCN5C(=O)[C@@H](NC(=O)OC)C(C)C)C4)ccc32)C1)C(C)C.S.S.S.S. The molecule has 21 heteroatoms. The topological polar surface area (TPSA) is 169 Å². The van der Waals surface area contributed by atoms with Crippen molar-refractivity contribution in [3.63, 3.8) is 0 Å². The summed E-state index contributed by atoms with van der Waals surface area (Å²) >= 11 is 1.61. The Morgan fingerprint density at radius 1 is 0.753 bits per heavy atom. The third-order valence-electron chi connectivity index (χ3n) is 14.1. The van der Waals surface area contributed by atoms with E-state index in [2.05, 4.69) is 47.2 Å². The van der Waals surface area contributed by atoms with E-state index in [0.717, 1.165) is 80.3 Å². The quantitative estimate of drug-likeness (QED) is 0.141. The lowest BCUT2D eigenvalue weighted by Gasteiger charge is -2.31. The lowest BCUT2D eigenvalue weighted by Crippen LogP contribution is -2.53. The van der Waals surface area contributed by atoms with Crippen LogP contribution in [0.2, 0.25) is 0 Å². The number of halogens is 1. The fourth-order valence-corrected chi connectivity index (χ4v) is 11.5. The highest BCUT2D eigenvalue weighted by molar-refractivity contribution is 7.59. The second-order valence-electron chi connectivity index (χ2n) is 19.6. The summed E-state index contributed by atoms with van der Waals surface area (Å²) in [7, 11) is 2.57. The molecular formula is C52H69FN8O7S5. The van der Waals surface area contributed by atoms with Crippen LogP contribution >= 0.6 is 65.3 Å². The first-order valence-corrected chi connectivity index (χ1v) is 24.8.